The van der Waals surface area contributed by atoms with Gasteiger partial charge in [-0.25, -0.2) is 0 Å². The molecule has 3 heteroatoms. The molecule has 43 valence electrons. The largest absolute Gasteiger partial charge is 0.999 e. The van der Waals surface area contributed by atoms with Gasteiger partial charge in [0.05, 0.1) is 0 Å². The first-order valence-electron chi connectivity index (χ1n) is 1.51. The molecule has 1 radical (unpaired) electrons. The van der Waals surface area contributed by atoms with Crippen LogP contribution in [0, 0.1) is 29.7 Å². The van der Waals surface area contributed by atoms with Crippen LogP contribution in [0.1, 0.15) is 0 Å². The summed E-state index contributed by atoms with van der Waals surface area (Å²) in [5.41, 5.74) is 5.75. The summed E-state index contributed by atoms with van der Waals surface area (Å²) >= 11 is 0. The van der Waals surface area contributed by atoms with Crippen LogP contribution < -0.4 is 0 Å². The second kappa shape index (κ2) is 9.84. The molecule has 0 N–H and O–H groups in total. The van der Waals surface area contributed by atoms with Gasteiger partial charge in [0, 0.05) is 20.4 Å². The van der Waals surface area contributed by atoms with E-state index in [-0.39, 0.29) is 20.4 Å². The predicted molar refractivity (Wildman–Crippen MR) is 19.8 cm³/mol. The van der Waals surface area contributed by atoms with Crippen molar-refractivity contribution < 1.29 is 25.2 Å². The molecule has 0 aliphatic heterocycles. The fraction of sp³-hybridized carbons (Fsp3) is 0. The van der Waals surface area contributed by atoms with E-state index >= 15 is 0 Å². The second-order valence-electron chi connectivity index (χ2n) is 0.683. The third-order valence-corrected chi connectivity index (χ3v) is 0.351. The molecular formula is C5HNORe-4. The summed E-state index contributed by atoms with van der Waals surface area (Å²) in [4.78, 5) is 0. The van der Waals surface area contributed by atoms with Gasteiger partial charge in [0.2, 0.25) is 0 Å². The van der Waals surface area contributed by atoms with E-state index in [2.05, 4.69) is 24.3 Å². The van der Waals surface area contributed by atoms with Crippen LogP contribution in [0.3, 0.4) is 0 Å². The van der Waals surface area contributed by atoms with Gasteiger partial charge in [-0.2, -0.15) is 0 Å². The molecule has 0 aliphatic carbocycles. The summed E-state index contributed by atoms with van der Waals surface area (Å²) in [5, 5.41) is 0. The number of hydrogen-bond acceptors (Lipinski definition) is 1. The number of hydrogen-bond donors (Lipinski definition) is 0. The van der Waals surface area contributed by atoms with Crippen molar-refractivity contribution in [2.75, 3.05) is 0 Å². The van der Waals surface area contributed by atoms with Gasteiger partial charge in [0.1, 0.15) is 0 Å². The zero-order valence-electron chi connectivity index (χ0n) is 3.81. The van der Waals surface area contributed by atoms with Crippen molar-refractivity contribution in [3.63, 3.8) is 0 Å². The van der Waals surface area contributed by atoms with Crippen LogP contribution in [-0.2, 0) is 25.2 Å². The molecule has 0 amide bonds. The van der Waals surface area contributed by atoms with E-state index in [1.807, 2.05) is 0 Å². The number of nitrogens with zero attached hydrogens (tertiary/aromatic N) is 1. The summed E-state index contributed by atoms with van der Waals surface area (Å²) in [6, 6.07) is 12.0. The van der Waals surface area contributed by atoms with Gasteiger partial charge in [0.25, 0.3) is 0 Å². The van der Waals surface area contributed by atoms with Crippen LogP contribution in [0.5, 0.6) is 0 Å². The molecule has 0 spiro atoms. The molecule has 0 heterocycles. The molecule has 0 atom stereocenters. The Labute approximate surface area is 61.4 Å². The van der Waals surface area contributed by atoms with Crippen molar-refractivity contribution in [2.45, 2.75) is 0 Å². The van der Waals surface area contributed by atoms with E-state index in [0.717, 1.165) is 0 Å². The molecule has 0 aliphatic rings. The molecule has 0 fully saturated rings. The molecule has 0 unspecified atom stereocenters. The average molecular weight is 277 g/mol. The maximum atomic E-state index is 7.25. The maximum absolute atomic E-state index is 7.25. The third-order valence-electron chi connectivity index (χ3n) is 0.351. The van der Waals surface area contributed by atoms with Gasteiger partial charge >= 0.3 is 10.2 Å². The Bertz CT molecular complexity index is 96.0. The third kappa shape index (κ3) is 5.68. The molecule has 8 heavy (non-hydrogen) atoms. The minimum absolute atomic E-state index is 0. The Hall–Kier alpha value is -0.318. The monoisotopic (exact) mass is 278 g/mol. The van der Waals surface area contributed by atoms with Gasteiger partial charge < -0.3 is 30.3 Å². The van der Waals surface area contributed by atoms with Crippen molar-refractivity contribution in [1.29, 1.82) is 5.46 Å². The molecule has 0 bridgehead atoms. The summed E-state index contributed by atoms with van der Waals surface area (Å²) < 4.78 is 7.25. The Balaban J connectivity index is 0. The Morgan fingerprint density at radius 2 is 1.50 bits per heavy atom. The maximum Gasteiger partial charge on any atom is 0 e. The number of rotatable bonds is 0. The van der Waals surface area contributed by atoms with Crippen molar-refractivity contribution in [1.82, 2.24) is 0 Å². The molecule has 1 aromatic rings. The Kier molecular flexibility index (Phi) is 13.1. The van der Waals surface area contributed by atoms with Crippen molar-refractivity contribution in [2.24, 2.45) is 0 Å². The van der Waals surface area contributed by atoms with E-state index < -0.39 is 0 Å². The molecular weight excluding hydrogens is 276 g/mol. The summed E-state index contributed by atoms with van der Waals surface area (Å²) in [5.74, 6) is 0. The van der Waals surface area contributed by atoms with E-state index in [1.165, 1.54) is 0 Å². The van der Waals surface area contributed by atoms with Crippen molar-refractivity contribution in [3.05, 3.63) is 30.3 Å². The fourth-order valence-electron chi connectivity index (χ4n) is 0.180. The molecule has 2 nitrogen and oxygen atoms in total. The average Bonchev–Trinajstić information content (AvgIpc) is 2.23. The van der Waals surface area contributed by atoms with E-state index in [0.29, 0.717) is 0 Å². The molecule has 1 aromatic carbocycles. The van der Waals surface area contributed by atoms with E-state index in [4.69, 9.17) is 10.2 Å². The first-order valence-corrected chi connectivity index (χ1v) is 1.51. The van der Waals surface area contributed by atoms with Crippen LogP contribution in [0.25, 0.3) is 0 Å². The molecule has 0 saturated heterocycles. The first-order chi connectivity index (χ1) is 3.50. The Morgan fingerprint density at radius 1 is 1.12 bits per heavy atom. The van der Waals surface area contributed by atoms with Gasteiger partial charge in [-0.3, -0.25) is 0 Å². The molecule has 1 rings (SSSR count). The van der Waals surface area contributed by atoms with Crippen molar-refractivity contribution in [3.8, 4) is 0 Å². The predicted octanol–water partition coefficient (Wildman–Crippen LogP) is 0.500. The van der Waals surface area contributed by atoms with E-state index in [1.54, 1.807) is 6.07 Å². The fourth-order valence-corrected chi connectivity index (χ4v) is 0.180. The van der Waals surface area contributed by atoms with Crippen molar-refractivity contribution >= 4 is 0 Å². The van der Waals surface area contributed by atoms with Gasteiger partial charge in [-0.1, -0.05) is 0 Å². The summed E-state index contributed by atoms with van der Waals surface area (Å²) in [6.07, 6.45) is 0. The normalized spacial score (nSPS) is 5.25. The summed E-state index contributed by atoms with van der Waals surface area (Å²) in [6.45, 7) is 0. The SMILES string of the molecule is N#[O+].[Re].[c-]1[c-][c-][cH-][c-]1. The zero-order valence-corrected chi connectivity index (χ0v) is 6.53. The van der Waals surface area contributed by atoms with Crippen LogP contribution in [0.15, 0.2) is 6.07 Å². The van der Waals surface area contributed by atoms with Gasteiger partial charge in [0.15, 0.2) is 0 Å². The van der Waals surface area contributed by atoms with E-state index in [9.17, 15) is 0 Å². The van der Waals surface area contributed by atoms with Crippen LogP contribution >= 0.6 is 0 Å². The minimum Gasteiger partial charge on any atom is -0.999 e. The quantitative estimate of drug-likeness (QED) is 0.503. The molecule has 0 saturated carbocycles. The summed E-state index contributed by atoms with van der Waals surface area (Å²) in [7, 11) is 0. The topological polar surface area (TPSA) is 43.7 Å². The van der Waals surface area contributed by atoms with Crippen LogP contribution in [0.4, 0.5) is 0 Å². The second-order valence-corrected chi connectivity index (χ2v) is 0.683. The molecule has 0 aromatic heterocycles. The minimum atomic E-state index is 0. The first kappa shape index (κ1) is 10.6. The smallest absolute Gasteiger partial charge is 0 e. The van der Waals surface area contributed by atoms with Gasteiger partial charge in [-0.05, 0) is 0 Å². The van der Waals surface area contributed by atoms with Gasteiger partial charge in [-0.15, -0.1) is 0 Å². The Morgan fingerprint density at radius 3 is 1.62 bits per heavy atom. The van der Waals surface area contributed by atoms with Crippen LogP contribution in [0.2, 0.25) is 0 Å². The zero-order chi connectivity index (χ0) is 5.54. The standard InChI is InChI=1S/C5H.NO.Re/c1-2-4-5-3-1;1-2;/h1H;;/q-5;+1;. The van der Waals surface area contributed by atoms with Crippen LogP contribution in [-0.4, -0.2) is 0 Å².